The zero-order valence-corrected chi connectivity index (χ0v) is 41.1. The van der Waals surface area contributed by atoms with Gasteiger partial charge in [-0.05, 0) is 71.8 Å². The molecule has 3 atom stereocenters. The molecule has 0 spiro atoms. The average Bonchev–Trinajstić information content (AvgIpc) is 3.94. The molecule has 7 rings (SSSR count). The Morgan fingerprint density at radius 1 is 0.928 bits per heavy atom. The van der Waals surface area contributed by atoms with Crippen molar-refractivity contribution >= 4 is 35.2 Å². The topological polar surface area (TPSA) is 196 Å². The first-order valence-corrected chi connectivity index (χ1v) is 23.6. The molecule has 0 radical (unpaired) electrons. The van der Waals surface area contributed by atoms with E-state index in [4.69, 9.17) is 25.5 Å². The number of aromatic nitrogens is 1. The fourth-order valence-corrected chi connectivity index (χ4v) is 10.0. The number of nitriles is 1. The zero-order valence-electron chi connectivity index (χ0n) is 40.4. The zero-order chi connectivity index (χ0) is 49.8. The molecule has 2 fully saturated rings. The van der Waals surface area contributed by atoms with Crippen LogP contribution in [0.3, 0.4) is 0 Å². The van der Waals surface area contributed by atoms with Gasteiger partial charge in [0.2, 0.25) is 17.7 Å². The van der Waals surface area contributed by atoms with Gasteiger partial charge in [-0.15, -0.1) is 0 Å². The molecule has 69 heavy (non-hydrogen) atoms. The maximum Gasteiger partial charge on any atom is 0.251 e. The number of hydrogen-bond acceptors (Lipinski definition) is 10. The summed E-state index contributed by atoms with van der Waals surface area (Å²) >= 11 is 6.25. The van der Waals surface area contributed by atoms with Gasteiger partial charge >= 0.3 is 0 Å². The maximum atomic E-state index is 14.1. The van der Waals surface area contributed by atoms with Gasteiger partial charge in [0.1, 0.15) is 35.8 Å². The molecule has 0 bridgehead atoms. The third-order valence-electron chi connectivity index (χ3n) is 13.3. The number of carbonyl (C=O) groups is 4. The lowest BCUT2D eigenvalue weighted by molar-refractivity contribution is -0.164. The Hall–Kier alpha value is -6.69. The lowest BCUT2D eigenvalue weighted by Crippen LogP contribution is -2.74. The minimum Gasteiger partial charge on any atom is -0.494 e. The normalized spacial score (nSPS) is 19.6. The molecule has 1 aliphatic carbocycles. The Morgan fingerprint density at radius 3 is 2.14 bits per heavy atom. The number of aliphatic hydroxyl groups excluding tert-OH is 1. The summed E-state index contributed by atoms with van der Waals surface area (Å²) in [5.41, 5.74) is 3.79. The number of likely N-dealkylation sites (tertiary alicyclic amines) is 1. The SMILES string of the molecule is Cc1ncoc1-c1ccc(CNC(=O)[C@@H]2C[C@@H](O)CN2C(=O)C(NC(=O)CCCOc2ccc(-c3ccc(C(=O)N[C@H]4C(C)(C)[C@H](Oc5ccc(C#N)c(Cl)c5)C4(C)C)cc3)cc2)C(C)(C)C)cc1. The Kier molecular flexibility index (Phi) is 14.9. The van der Waals surface area contributed by atoms with Crippen molar-refractivity contribution < 1.29 is 38.2 Å². The van der Waals surface area contributed by atoms with Crippen LogP contribution >= 0.6 is 11.6 Å². The molecule has 2 aliphatic rings. The van der Waals surface area contributed by atoms with Gasteiger partial charge in [0.25, 0.3) is 5.91 Å². The van der Waals surface area contributed by atoms with Gasteiger partial charge in [-0.25, -0.2) is 4.98 Å². The number of aliphatic hydroxyl groups is 1. The lowest BCUT2D eigenvalue weighted by atomic mass is 9.49. The summed E-state index contributed by atoms with van der Waals surface area (Å²) in [5, 5.41) is 29.2. The Labute approximate surface area is 408 Å². The number of amides is 4. The molecule has 4 aromatic carbocycles. The summed E-state index contributed by atoms with van der Waals surface area (Å²) in [6.45, 7) is 16.1. The minimum absolute atomic E-state index is 0.0182. The Balaban J connectivity index is 0.858. The second-order valence-corrected chi connectivity index (χ2v) is 20.7. The third kappa shape index (κ3) is 11.3. The van der Waals surface area contributed by atoms with Gasteiger partial charge in [0, 0.05) is 60.0 Å². The van der Waals surface area contributed by atoms with Crippen LogP contribution < -0.4 is 25.4 Å². The monoisotopic (exact) mass is 956 g/mol. The number of nitrogens with zero attached hydrogens (tertiary/aromatic N) is 3. The van der Waals surface area contributed by atoms with E-state index in [0.29, 0.717) is 39.8 Å². The van der Waals surface area contributed by atoms with Gasteiger partial charge < -0.3 is 39.8 Å². The first-order valence-electron chi connectivity index (χ1n) is 23.2. The molecule has 1 unspecified atom stereocenters. The Bertz CT molecular complexity index is 2690. The van der Waals surface area contributed by atoms with Crippen LogP contribution in [-0.4, -0.2) is 82.1 Å². The summed E-state index contributed by atoms with van der Waals surface area (Å²) < 4.78 is 17.8. The van der Waals surface area contributed by atoms with E-state index in [-0.39, 0.29) is 62.4 Å². The van der Waals surface area contributed by atoms with Gasteiger partial charge in [0.05, 0.1) is 29.0 Å². The molecule has 4 N–H and O–H groups in total. The van der Waals surface area contributed by atoms with Crippen LogP contribution in [0.1, 0.15) is 94.9 Å². The number of halogens is 1. The number of ether oxygens (including phenoxy) is 2. The van der Waals surface area contributed by atoms with Crippen LogP contribution in [-0.2, 0) is 20.9 Å². The highest BCUT2D eigenvalue weighted by Crippen LogP contribution is 2.55. The van der Waals surface area contributed by atoms with Crippen molar-refractivity contribution in [1.82, 2.24) is 25.8 Å². The summed E-state index contributed by atoms with van der Waals surface area (Å²) in [6.07, 6.45) is 0.890. The van der Waals surface area contributed by atoms with Crippen LogP contribution in [0.5, 0.6) is 11.5 Å². The van der Waals surface area contributed by atoms with Gasteiger partial charge in [-0.2, -0.15) is 5.26 Å². The number of aryl methyl sites for hydroxylation is 1. The highest BCUT2D eigenvalue weighted by Gasteiger charge is 2.64. The van der Waals surface area contributed by atoms with Crippen LogP contribution in [0.2, 0.25) is 5.02 Å². The predicted molar refractivity (Wildman–Crippen MR) is 262 cm³/mol. The van der Waals surface area contributed by atoms with E-state index in [1.165, 1.54) is 11.3 Å². The largest absolute Gasteiger partial charge is 0.494 e. The van der Waals surface area contributed by atoms with Gasteiger partial charge in [-0.1, -0.05) is 109 Å². The quantitative estimate of drug-likeness (QED) is 0.0697. The molecule has 362 valence electrons. The van der Waals surface area contributed by atoms with E-state index in [2.05, 4.69) is 54.7 Å². The molecule has 15 heteroatoms. The van der Waals surface area contributed by atoms with Crippen LogP contribution in [0, 0.1) is 34.5 Å². The van der Waals surface area contributed by atoms with E-state index in [0.717, 1.165) is 27.9 Å². The van der Waals surface area contributed by atoms with Crippen molar-refractivity contribution in [2.24, 2.45) is 16.2 Å². The first-order chi connectivity index (χ1) is 32.7. The first kappa shape index (κ1) is 50.2. The number of rotatable bonds is 16. The fraction of sp³-hybridized carbons (Fsp3) is 0.407. The van der Waals surface area contributed by atoms with Crippen molar-refractivity contribution in [2.45, 2.75) is 112 Å². The number of nitrogens with one attached hydrogen (secondary N) is 3. The van der Waals surface area contributed by atoms with E-state index >= 15 is 0 Å². The molecule has 4 amide bonds. The van der Waals surface area contributed by atoms with Crippen molar-refractivity contribution in [1.29, 1.82) is 5.26 Å². The second-order valence-electron chi connectivity index (χ2n) is 20.3. The summed E-state index contributed by atoms with van der Waals surface area (Å²) in [6, 6.07) is 27.6. The molecule has 2 heterocycles. The fourth-order valence-electron chi connectivity index (χ4n) is 9.80. The minimum atomic E-state index is -0.938. The molecule has 5 aromatic rings. The average molecular weight is 958 g/mol. The number of hydrogen-bond donors (Lipinski definition) is 4. The second kappa shape index (κ2) is 20.5. The van der Waals surface area contributed by atoms with Crippen molar-refractivity contribution in [2.75, 3.05) is 13.2 Å². The maximum absolute atomic E-state index is 14.1. The summed E-state index contributed by atoms with van der Waals surface area (Å²) in [4.78, 5) is 59.8. The van der Waals surface area contributed by atoms with Gasteiger partial charge in [-0.3, -0.25) is 19.2 Å². The van der Waals surface area contributed by atoms with Crippen LogP contribution in [0.25, 0.3) is 22.5 Å². The molecular weight excluding hydrogens is 896 g/mol. The van der Waals surface area contributed by atoms with Crippen molar-refractivity contribution in [3.8, 4) is 40.0 Å². The van der Waals surface area contributed by atoms with Crippen LogP contribution in [0.15, 0.2) is 102 Å². The number of oxazole rings is 1. The summed E-state index contributed by atoms with van der Waals surface area (Å²) in [7, 11) is 0. The molecule has 14 nitrogen and oxygen atoms in total. The lowest BCUT2D eigenvalue weighted by Gasteiger charge is -2.63. The standard InChI is InChI=1S/C54H61ClN6O8/c1-32-45(68-31-58-32)36-13-11-33(12-14-36)29-57-48(65)43-26-39(62)30-61(43)49(66)46(52(2,3)4)59-44(63)10-9-25-67-40-22-19-35(20-23-40)34-15-17-37(18-16-34)47(64)60-50-53(5,6)51(54(50,7)8)69-41-24-21-38(28-56)42(55)27-41/h11-24,27,31,39,43,46,50-51,62H,9-10,25-26,29-30H2,1-8H3,(H,57,65)(H,59,63)(H,60,64)/t39-,43+,46?,50-,51-/m1/s1. The van der Waals surface area contributed by atoms with E-state index in [1.807, 2.05) is 88.4 Å². The number of benzene rings is 4. The molecule has 1 saturated heterocycles. The predicted octanol–water partition coefficient (Wildman–Crippen LogP) is 8.42. The van der Waals surface area contributed by atoms with Crippen LogP contribution in [0.4, 0.5) is 0 Å². The third-order valence-corrected chi connectivity index (χ3v) is 13.6. The van der Waals surface area contributed by atoms with Crippen molar-refractivity contribution in [3.05, 3.63) is 125 Å². The summed E-state index contributed by atoms with van der Waals surface area (Å²) in [5.74, 6) is 0.561. The smallest absolute Gasteiger partial charge is 0.251 e. The molecule has 1 aliphatic heterocycles. The highest BCUT2D eigenvalue weighted by atomic mass is 35.5. The van der Waals surface area contributed by atoms with Crippen molar-refractivity contribution in [3.63, 3.8) is 0 Å². The molecule has 1 saturated carbocycles. The number of β-amino-alcohol motifs (C(OH)–C–C–N with tert-alkyl or cyclic N) is 1. The molecule has 1 aromatic heterocycles. The van der Waals surface area contributed by atoms with E-state index in [9.17, 15) is 29.5 Å². The van der Waals surface area contributed by atoms with Gasteiger partial charge in [0.15, 0.2) is 12.2 Å². The van der Waals surface area contributed by atoms with E-state index in [1.54, 1.807) is 30.3 Å². The Morgan fingerprint density at radius 2 is 1.55 bits per heavy atom. The highest BCUT2D eigenvalue weighted by molar-refractivity contribution is 6.31. The molecular formula is C54H61ClN6O8. The van der Waals surface area contributed by atoms with E-state index < -0.39 is 40.3 Å². The number of carbonyl (C=O) groups excluding carboxylic acids is 4.